The van der Waals surface area contributed by atoms with Gasteiger partial charge in [0.05, 0.1) is 30.8 Å². The number of carbonyl (C=O) groups excluding carboxylic acids is 2. The van der Waals surface area contributed by atoms with Gasteiger partial charge in [0.1, 0.15) is 0 Å². The van der Waals surface area contributed by atoms with Crippen molar-refractivity contribution in [3.05, 3.63) is 57.8 Å². The number of rotatable bonds is 7. The van der Waals surface area contributed by atoms with E-state index in [1.54, 1.807) is 0 Å². The van der Waals surface area contributed by atoms with Crippen LogP contribution >= 0.6 is 11.8 Å². The summed E-state index contributed by atoms with van der Waals surface area (Å²) >= 11 is 1.51. The third kappa shape index (κ3) is 4.42. The van der Waals surface area contributed by atoms with Crippen LogP contribution in [0.25, 0.3) is 0 Å². The molecule has 0 radical (unpaired) electrons. The van der Waals surface area contributed by atoms with Crippen molar-refractivity contribution in [2.24, 2.45) is 4.99 Å². The number of esters is 1. The van der Waals surface area contributed by atoms with E-state index in [1.807, 2.05) is 17.2 Å². The van der Waals surface area contributed by atoms with E-state index in [0.717, 1.165) is 35.0 Å². The zero-order valence-corrected chi connectivity index (χ0v) is 19.3. The van der Waals surface area contributed by atoms with Gasteiger partial charge in [0, 0.05) is 11.7 Å². The molecule has 1 N–H and O–H groups in total. The topological polar surface area (TPSA) is 71.0 Å². The van der Waals surface area contributed by atoms with Gasteiger partial charge in [-0.25, -0.2) is 9.79 Å². The Labute approximate surface area is 187 Å². The number of amides is 1. The van der Waals surface area contributed by atoms with Crippen LogP contribution in [0.5, 0.6) is 0 Å². The molecule has 1 aliphatic carbocycles. The first kappa shape index (κ1) is 21.7. The van der Waals surface area contributed by atoms with E-state index in [-0.39, 0.29) is 24.3 Å². The number of aliphatic imine (C=N–C) groups is 1. The van der Waals surface area contributed by atoms with Crippen molar-refractivity contribution < 1.29 is 14.3 Å². The Hall–Kier alpha value is -2.54. The molecule has 1 aromatic carbocycles. The first-order valence-corrected chi connectivity index (χ1v) is 11.7. The molecule has 3 aliphatic rings. The number of ether oxygens (including phenoxy) is 1. The highest BCUT2D eigenvalue weighted by molar-refractivity contribution is 8.16. The van der Waals surface area contributed by atoms with Gasteiger partial charge < -0.3 is 15.0 Å². The van der Waals surface area contributed by atoms with Crippen LogP contribution in [0.4, 0.5) is 0 Å². The average molecular weight is 440 g/mol. The van der Waals surface area contributed by atoms with Crippen LogP contribution in [-0.2, 0) is 14.3 Å². The lowest BCUT2D eigenvalue weighted by molar-refractivity contribution is -0.136. The van der Waals surface area contributed by atoms with Crippen molar-refractivity contribution in [1.29, 1.82) is 0 Å². The predicted octanol–water partition coefficient (Wildman–Crippen LogP) is 4.62. The molecule has 0 spiro atoms. The molecule has 1 saturated carbocycles. The smallest absolute Gasteiger partial charge is 0.338 e. The second kappa shape index (κ2) is 8.91. The Morgan fingerprint density at radius 2 is 1.97 bits per heavy atom. The lowest BCUT2D eigenvalue weighted by atomic mass is 9.91. The summed E-state index contributed by atoms with van der Waals surface area (Å²) in [6.45, 7) is 6.31. The minimum absolute atomic E-state index is 0.00870. The molecule has 1 unspecified atom stereocenters. The summed E-state index contributed by atoms with van der Waals surface area (Å²) < 4.78 is 5.16. The minimum Gasteiger partial charge on any atom is -0.466 e. The minimum atomic E-state index is -0.378. The number of fused-ring (bicyclic) bond motifs is 1. The van der Waals surface area contributed by atoms with Crippen LogP contribution in [0.3, 0.4) is 0 Å². The summed E-state index contributed by atoms with van der Waals surface area (Å²) in [4.78, 5) is 32.2. The molecule has 31 heavy (non-hydrogen) atoms. The van der Waals surface area contributed by atoms with Gasteiger partial charge in [-0.1, -0.05) is 56.8 Å². The summed E-state index contributed by atoms with van der Waals surface area (Å²) in [7, 11) is 1.40. The highest BCUT2D eigenvalue weighted by atomic mass is 32.2. The lowest BCUT2D eigenvalue weighted by Gasteiger charge is -2.36. The van der Waals surface area contributed by atoms with Gasteiger partial charge >= 0.3 is 5.97 Å². The van der Waals surface area contributed by atoms with Crippen molar-refractivity contribution in [2.75, 3.05) is 7.11 Å². The van der Waals surface area contributed by atoms with Crippen LogP contribution < -0.4 is 5.32 Å². The fraction of sp³-hybridized carbons (Fsp3) is 0.458. The van der Waals surface area contributed by atoms with Crippen molar-refractivity contribution in [2.45, 2.75) is 64.5 Å². The summed E-state index contributed by atoms with van der Waals surface area (Å²) in [6, 6.07) is 8.31. The molecular formula is C24H29N3O3S. The Morgan fingerprint density at radius 1 is 1.26 bits per heavy atom. The van der Waals surface area contributed by atoms with Crippen molar-refractivity contribution in [3.8, 4) is 0 Å². The van der Waals surface area contributed by atoms with Crippen LogP contribution in [0.2, 0.25) is 0 Å². The van der Waals surface area contributed by atoms with Gasteiger partial charge in [-0.3, -0.25) is 4.79 Å². The number of amidine groups is 1. The summed E-state index contributed by atoms with van der Waals surface area (Å²) in [5.74, 6) is 0.0499. The van der Waals surface area contributed by atoms with Crippen LogP contribution in [0.1, 0.15) is 69.5 Å². The summed E-state index contributed by atoms with van der Waals surface area (Å²) in [5.41, 5.74) is 4.36. The summed E-state index contributed by atoms with van der Waals surface area (Å²) in [5, 5.41) is 5.84. The largest absolute Gasteiger partial charge is 0.466 e. The standard InChI is InChI=1S/C24H29N3O3S/c1-5-19-21(23(29)30-4)22(16-8-6-15(7-9-16)14(2)3)27-18(13-31-24(27)26-19)12-20(28)25-17-10-11-17/h6-9,13-14,17,22H,5,10-12H2,1-4H3,(H,25,28). The van der Waals surface area contributed by atoms with Gasteiger partial charge in [-0.15, -0.1) is 0 Å². The number of hydrogen-bond acceptors (Lipinski definition) is 6. The van der Waals surface area contributed by atoms with Crippen molar-refractivity contribution in [3.63, 3.8) is 0 Å². The fourth-order valence-electron chi connectivity index (χ4n) is 3.96. The van der Waals surface area contributed by atoms with Gasteiger partial charge in [0.2, 0.25) is 5.91 Å². The van der Waals surface area contributed by atoms with E-state index >= 15 is 0 Å². The number of carbonyl (C=O) groups is 2. The number of nitrogens with one attached hydrogen (secondary N) is 1. The molecule has 2 heterocycles. The highest BCUT2D eigenvalue weighted by Crippen LogP contribution is 2.45. The zero-order valence-electron chi connectivity index (χ0n) is 18.5. The quantitative estimate of drug-likeness (QED) is 0.628. The number of thioether (sulfide) groups is 1. The Morgan fingerprint density at radius 3 is 2.55 bits per heavy atom. The van der Waals surface area contributed by atoms with E-state index in [1.165, 1.54) is 24.4 Å². The zero-order chi connectivity index (χ0) is 22.1. The molecule has 0 bridgehead atoms. The molecule has 6 nitrogen and oxygen atoms in total. The molecule has 164 valence electrons. The normalized spacial score (nSPS) is 20.4. The second-order valence-electron chi connectivity index (χ2n) is 8.44. The first-order valence-electron chi connectivity index (χ1n) is 10.9. The molecule has 2 aliphatic heterocycles. The maximum absolute atomic E-state index is 12.9. The van der Waals surface area contributed by atoms with E-state index in [9.17, 15) is 9.59 Å². The predicted molar refractivity (Wildman–Crippen MR) is 123 cm³/mol. The molecular weight excluding hydrogens is 410 g/mol. The molecule has 4 rings (SSSR count). The van der Waals surface area contributed by atoms with Crippen LogP contribution in [-0.4, -0.2) is 35.1 Å². The molecule has 0 aromatic heterocycles. The SMILES string of the molecule is CCC1=C(C(=O)OC)C(c2ccc(C(C)C)cc2)N2C(CC(=O)NC3CC3)=CSC2=N1. The van der Waals surface area contributed by atoms with Gasteiger partial charge in [0.15, 0.2) is 5.17 Å². The van der Waals surface area contributed by atoms with E-state index in [4.69, 9.17) is 9.73 Å². The molecule has 1 atom stereocenters. The fourth-order valence-corrected chi connectivity index (χ4v) is 4.90. The Bertz CT molecular complexity index is 974. The highest BCUT2D eigenvalue weighted by Gasteiger charge is 2.41. The van der Waals surface area contributed by atoms with E-state index in [2.05, 4.69) is 43.4 Å². The number of allylic oxidation sites excluding steroid dienone is 1. The Kier molecular flexibility index (Phi) is 6.23. The number of benzene rings is 1. The first-order chi connectivity index (χ1) is 14.9. The monoisotopic (exact) mass is 439 g/mol. The van der Waals surface area contributed by atoms with Crippen molar-refractivity contribution >= 4 is 28.8 Å². The molecule has 7 heteroatoms. The number of nitrogens with zero attached hydrogens (tertiary/aromatic N) is 2. The third-order valence-electron chi connectivity index (χ3n) is 5.83. The van der Waals surface area contributed by atoms with E-state index in [0.29, 0.717) is 24.0 Å². The lowest BCUT2D eigenvalue weighted by Crippen LogP contribution is -2.38. The maximum atomic E-state index is 12.9. The van der Waals surface area contributed by atoms with Crippen LogP contribution in [0, 0.1) is 0 Å². The average Bonchev–Trinajstić information content (AvgIpc) is 3.50. The van der Waals surface area contributed by atoms with Crippen LogP contribution in [0.15, 0.2) is 51.6 Å². The Balaban J connectivity index is 1.73. The van der Waals surface area contributed by atoms with E-state index < -0.39 is 0 Å². The molecule has 1 fully saturated rings. The van der Waals surface area contributed by atoms with Gasteiger partial charge in [-0.05, 0) is 41.7 Å². The third-order valence-corrected chi connectivity index (χ3v) is 6.72. The molecule has 0 saturated heterocycles. The van der Waals surface area contributed by atoms with Crippen molar-refractivity contribution in [1.82, 2.24) is 10.2 Å². The second-order valence-corrected chi connectivity index (χ2v) is 9.28. The maximum Gasteiger partial charge on any atom is 0.338 e. The molecule has 1 aromatic rings. The molecule has 1 amide bonds. The van der Waals surface area contributed by atoms with Gasteiger partial charge in [0.25, 0.3) is 0 Å². The number of methoxy groups -OCH3 is 1. The van der Waals surface area contributed by atoms with Gasteiger partial charge in [-0.2, -0.15) is 0 Å². The number of hydrogen-bond donors (Lipinski definition) is 1. The summed E-state index contributed by atoms with van der Waals surface area (Å²) in [6.07, 6.45) is 2.99.